The topological polar surface area (TPSA) is 64.6 Å². The lowest BCUT2D eigenvalue weighted by molar-refractivity contribution is -0.148. The molecule has 1 N–H and O–H groups in total. The number of esters is 1. The fourth-order valence-electron chi connectivity index (χ4n) is 3.13. The van der Waals surface area contributed by atoms with Crippen LogP contribution in [0, 0.1) is 5.82 Å². The smallest absolute Gasteiger partial charge is 0.318 e. The predicted molar refractivity (Wildman–Crippen MR) is 101 cm³/mol. The number of para-hydroxylation sites is 3. The van der Waals surface area contributed by atoms with Gasteiger partial charge in [-0.05, 0) is 24.3 Å². The number of ether oxygens (including phenoxy) is 2. The van der Waals surface area contributed by atoms with Gasteiger partial charge in [0.1, 0.15) is 23.2 Å². The van der Waals surface area contributed by atoms with E-state index in [1.807, 2.05) is 12.1 Å². The maximum Gasteiger partial charge on any atom is 0.318 e. The average Bonchev–Trinajstić information content (AvgIpc) is 2.72. The molecule has 0 unspecified atom stereocenters. The number of carbonyl (C=O) groups excluding carboxylic acids is 2. The highest BCUT2D eigenvalue weighted by atomic mass is 19.1. The second-order valence-electron chi connectivity index (χ2n) is 6.25. The van der Waals surface area contributed by atoms with Crippen LogP contribution in [0.4, 0.5) is 10.1 Å². The lowest BCUT2D eigenvalue weighted by Crippen LogP contribution is -2.26. The molecule has 0 atom stereocenters. The van der Waals surface area contributed by atoms with Crippen LogP contribution in [-0.2, 0) is 14.3 Å². The number of fused-ring (bicyclic) bond motifs is 2. The summed E-state index contributed by atoms with van der Waals surface area (Å²) >= 11 is 0. The van der Waals surface area contributed by atoms with Crippen LogP contribution in [0.3, 0.4) is 0 Å². The Morgan fingerprint density at radius 3 is 2.11 bits per heavy atom. The van der Waals surface area contributed by atoms with Crippen molar-refractivity contribution in [3.63, 3.8) is 0 Å². The molecule has 1 aliphatic heterocycles. The second-order valence-corrected chi connectivity index (χ2v) is 6.25. The maximum atomic E-state index is 13.6. The van der Waals surface area contributed by atoms with E-state index >= 15 is 0 Å². The lowest BCUT2D eigenvalue weighted by Gasteiger charge is -2.26. The third-order valence-corrected chi connectivity index (χ3v) is 4.41. The minimum absolute atomic E-state index is 0.0327. The Morgan fingerprint density at radius 2 is 1.46 bits per heavy atom. The van der Waals surface area contributed by atoms with E-state index in [0.717, 1.165) is 0 Å². The lowest BCUT2D eigenvalue weighted by atomic mass is 9.88. The monoisotopic (exact) mass is 377 g/mol. The van der Waals surface area contributed by atoms with Crippen molar-refractivity contribution in [2.45, 2.75) is 5.92 Å². The quantitative estimate of drug-likeness (QED) is 0.691. The van der Waals surface area contributed by atoms with Crippen LogP contribution < -0.4 is 10.1 Å². The normalized spacial score (nSPS) is 12.3. The first-order valence-electron chi connectivity index (χ1n) is 8.70. The van der Waals surface area contributed by atoms with Crippen molar-refractivity contribution in [1.82, 2.24) is 0 Å². The van der Waals surface area contributed by atoms with Gasteiger partial charge < -0.3 is 14.8 Å². The van der Waals surface area contributed by atoms with Gasteiger partial charge >= 0.3 is 5.97 Å². The van der Waals surface area contributed by atoms with Crippen LogP contribution in [0.25, 0.3) is 0 Å². The highest BCUT2D eigenvalue weighted by molar-refractivity contribution is 5.94. The molecule has 6 heteroatoms. The number of hydrogen-bond acceptors (Lipinski definition) is 4. The third-order valence-electron chi connectivity index (χ3n) is 4.41. The highest BCUT2D eigenvalue weighted by Crippen LogP contribution is 2.44. The van der Waals surface area contributed by atoms with Crippen LogP contribution in [0.2, 0.25) is 0 Å². The van der Waals surface area contributed by atoms with Crippen LogP contribution in [-0.4, -0.2) is 18.5 Å². The first-order chi connectivity index (χ1) is 13.6. The summed E-state index contributed by atoms with van der Waals surface area (Å²) in [5.41, 5.74) is 1.37. The molecule has 0 radical (unpaired) electrons. The fourth-order valence-corrected chi connectivity index (χ4v) is 3.13. The molecule has 3 aromatic rings. The molecule has 5 nitrogen and oxygen atoms in total. The molecular weight excluding hydrogens is 361 g/mol. The third kappa shape index (κ3) is 3.44. The van der Waals surface area contributed by atoms with Gasteiger partial charge in [0.2, 0.25) is 0 Å². The van der Waals surface area contributed by atoms with Crippen LogP contribution in [0.15, 0.2) is 72.8 Å². The molecule has 0 bridgehead atoms. The Bertz CT molecular complexity index is 1000. The van der Waals surface area contributed by atoms with Gasteiger partial charge in [0, 0.05) is 11.1 Å². The fraction of sp³-hybridized carbons (Fsp3) is 0.0909. The SMILES string of the molecule is O=C(COC(=O)C1c2ccccc2Oc2ccccc21)Nc1ccccc1F. The zero-order valence-electron chi connectivity index (χ0n) is 14.7. The summed E-state index contributed by atoms with van der Waals surface area (Å²) in [5, 5.41) is 2.39. The van der Waals surface area contributed by atoms with Crippen molar-refractivity contribution in [2.24, 2.45) is 0 Å². The summed E-state index contributed by atoms with van der Waals surface area (Å²) in [6, 6.07) is 20.2. The zero-order chi connectivity index (χ0) is 19.5. The zero-order valence-corrected chi connectivity index (χ0v) is 14.7. The van der Waals surface area contributed by atoms with Crippen molar-refractivity contribution in [3.8, 4) is 11.5 Å². The molecule has 1 amide bonds. The molecule has 3 aromatic carbocycles. The Labute approximate surface area is 160 Å². The van der Waals surface area contributed by atoms with Crippen LogP contribution in [0.1, 0.15) is 17.0 Å². The van der Waals surface area contributed by atoms with Gasteiger partial charge in [0.05, 0.1) is 5.69 Å². The molecule has 1 heterocycles. The van der Waals surface area contributed by atoms with Crippen molar-refractivity contribution in [1.29, 1.82) is 0 Å². The summed E-state index contributed by atoms with van der Waals surface area (Å²) < 4.78 is 24.7. The number of nitrogens with one attached hydrogen (secondary N) is 1. The average molecular weight is 377 g/mol. The minimum atomic E-state index is -0.706. The summed E-state index contributed by atoms with van der Waals surface area (Å²) in [4.78, 5) is 24.9. The number of hydrogen-bond donors (Lipinski definition) is 1. The molecule has 0 aromatic heterocycles. The molecule has 1 aliphatic rings. The molecule has 0 saturated carbocycles. The summed E-state index contributed by atoms with van der Waals surface area (Å²) in [5.74, 6) is -1.33. The largest absolute Gasteiger partial charge is 0.457 e. The van der Waals surface area contributed by atoms with Gasteiger partial charge in [-0.15, -0.1) is 0 Å². The van der Waals surface area contributed by atoms with E-state index in [1.165, 1.54) is 18.2 Å². The van der Waals surface area contributed by atoms with Gasteiger partial charge in [0.25, 0.3) is 5.91 Å². The minimum Gasteiger partial charge on any atom is -0.457 e. The molecule has 28 heavy (non-hydrogen) atoms. The van der Waals surface area contributed by atoms with E-state index in [0.29, 0.717) is 22.6 Å². The Morgan fingerprint density at radius 1 is 0.893 bits per heavy atom. The standard InChI is InChI=1S/C22H16FNO4/c23-16-9-3-4-10-17(16)24-20(25)13-27-22(26)21-14-7-1-5-11-18(14)28-19-12-6-2-8-15(19)21/h1-12,21H,13H2,(H,24,25). The number of anilines is 1. The molecule has 0 spiro atoms. The number of amides is 1. The Hall–Kier alpha value is -3.67. The number of rotatable bonds is 4. The van der Waals surface area contributed by atoms with Crippen LogP contribution in [0.5, 0.6) is 11.5 Å². The molecule has 0 aliphatic carbocycles. The summed E-state index contributed by atoms with van der Waals surface area (Å²) in [7, 11) is 0. The Kier molecular flexibility index (Phi) is 4.76. The van der Waals surface area contributed by atoms with Gasteiger partial charge in [0.15, 0.2) is 6.61 Å². The molecule has 140 valence electrons. The van der Waals surface area contributed by atoms with E-state index in [1.54, 1.807) is 42.5 Å². The predicted octanol–water partition coefficient (Wildman–Crippen LogP) is 4.25. The van der Waals surface area contributed by atoms with Crippen molar-refractivity contribution in [3.05, 3.63) is 89.7 Å². The van der Waals surface area contributed by atoms with E-state index in [2.05, 4.69) is 5.32 Å². The second kappa shape index (κ2) is 7.52. The van der Waals surface area contributed by atoms with Gasteiger partial charge in [-0.1, -0.05) is 48.5 Å². The van der Waals surface area contributed by atoms with Gasteiger partial charge in [-0.2, -0.15) is 0 Å². The maximum absolute atomic E-state index is 13.6. The van der Waals surface area contributed by atoms with Gasteiger partial charge in [-0.25, -0.2) is 4.39 Å². The number of benzene rings is 3. The van der Waals surface area contributed by atoms with E-state index in [9.17, 15) is 14.0 Å². The van der Waals surface area contributed by atoms with Crippen molar-refractivity contribution in [2.75, 3.05) is 11.9 Å². The number of carbonyl (C=O) groups is 2. The molecule has 0 fully saturated rings. The summed E-state index contributed by atoms with van der Waals surface area (Å²) in [6.45, 7) is -0.519. The van der Waals surface area contributed by atoms with Gasteiger partial charge in [-0.3, -0.25) is 9.59 Å². The molecule has 0 saturated heterocycles. The van der Waals surface area contributed by atoms with E-state index < -0.39 is 30.2 Å². The Balaban J connectivity index is 1.51. The van der Waals surface area contributed by atoms with Crippen molar-refractivity contribution < 1.29 is 23.5 Å². The first-order valence-corrected chi connectivity index (χ1v) is 8.70. The van der Waals surface area contributed by atoms with E-state index in [-0.39, 0.29) is 5.69 Å². The van der Waals surface area contributed by atoms with E-state index in [4.69, 9.17) is 9.47 Å². The number of halogens is 1. The first kappa shape index (κ1) is 17.7. The molecule has 4 rings (SSSR count). The van der Waals surface area contributed by atoms with Crippen LogP contribution >= 0.6 is 0 Å². The van der Waals surface area contributed by atoms with Crippen molar-refractivity contribution >= 4 is 17.6 Å². The molecular formula is C22H16FNO4. The summed E-state index contributed by atoms with van der Waals surface area (Å²) in [6.07, 6.45) is 0. The highest BCUT2D eigenvalue weighted by Gasteiger charge is 2.33.